The van der Waals surface area contributed by atoms with Crippen LogP contribution in [0.2, 0.25) is 0 Å². The molecule has 0 aliphatic heterocycles. The maximum atomic E-state index is 13.0. The molecule has 14 heteroatoms. The highest BCUT2D eigenvalue weighted by atomic mass is 19.4. The van der Waals surface area contributed by atoms with Crippen LogP contribution in [0.3, 0.4) is 0 Å². The van der Waals surface area contributed by atoms with E-state index in [1.165, 1.54) is 0 Å². The Balaban J connectivity index is 0.000000296. The number of hydrogen-bond acceptors (Lipinski definition) is 1. The largest absolute Gasteiger partial charge is 0.477 e. The third kappa shape index (κ3) is 5.54. The van der Waals surface area contributed by atoms with E-state index in [0.717, 1.165) is 0 Å². The van der Waals surface area contributed by atoms with Crippen molar-refractivity contribution in [1.29, 1.82) is 0 Å². The average molecular weight is 444 g/mol. The molecule has 0 aliphatic carbocycles. The maximum absolute atomic E-state index is 13.0. The Morgan fingerprint density at radius 1 is 0.655 bits per heavy atom. The second-order valence-corrected chi connectivity index (χ2v) is 4.95. The lowest BCUT2D eigenvalue weighted by Gasteiger charge is -2.11. The second-order valence-electron chi connectivity index (χ2n) is 4.95. The predicted octanol–water partition coefficient (Wildman–Crippen LogP) is 5.94. The van der Waals surface area contributed by atoms with Crippen LogP contribution in [0, 0.1) is 34.9 Å². The molecular weight excluding hydrogens is 440 g/mol. The molecule has 0 radical (unpaired) electrons. The normalized spacial score (nSPS) is 11.7. The summed E-state index contributed by atoms with van der Waals surface area (Å²) in [6, 6.07) is -0.368. The van der Waals surface area contributed by atoms with Gasteiger partial charge in [-0.1, -0.05) is 0 Å². The van der Waals surface area contributed by atoms with Gasteiger partial charge in [0.25, 0.3) is 0 Å². The van der Waals surface area contributed by atoms with Crippen LogP contribution >= 0.6 is 0 Å². The summed E-state index contributed by atoms with van der Waals surface area (Å²) < 4.78 is 147. The summed E-state index contributed by atoms with van der Waals surface area (Å²) in [5.74, 6) is -14.1. The molecule has 160 valence electrons. The van der Waals surface area contributed by atoms with Crippen molar-refractivity contribution in [1.82, 2.24) is 0 Å². The molecule has 0 fully saturated rings. The Kier molecular flexibility index (Phi) is 6.82. The van der Waals surface area contributed by atoms with Crippen LogP contribution in [0.1, 0.15) is 21.5 Å². The molecule has 0 unspecified atom stereocenters. The topological polar surface area (TPSA) is 37.3 Å². The van der Waals surface area contributed by atoms with Gasteiger partial charge in [0, 0.05) is 18.2 Å². The molecule has 0 saturated heterocycles. The number of carboxylic acids is 1. The number of halogens is 12. The molecule has 0 amide bonds. The zero-order valence-electron chi connectivity index (χ0n) is 13.1. The lowest BCUT2D eigenvalue weighted by molar-refractivity contribution is -0.143. The third-order valence-electron chi connectivity index (χ3n) is 2.96. The fourth-order valence-electron chi connectivity index (χ4n) is 1.86. The van der Waals surface area contributed by atoms with Crippen molar-refractivity contribution in [2.75, 3.05) is 0 Å². The second kappa shape index (κ2) is 8.21. The van der Waals surface area contributed by atoms with E-state index >= 15 is 0 Å². The van der Waals surface area contributed by atoms with Crippen molar-refractivity contribution in [3.8, 4) is 0 Å². The van der Waals surface area contributed by atoms with Gasteiger partial charge in [-0.2, -0.15) is 26.3 Å². The van der Waals surface area contributed by atoms with Crippen molar-refractivity contribution in [2.45, 2.75) is 12.4 Å². The molecule has 0 aromatic heterocycles. The average Bonchev–Trinajstić information content (AvgIpc) is 2.41. The molecule has 1 N–H and O–H groups in total. The molecule has 2 aromatic rings. The molecule has 2 nitrogen and oxygen atoms in total. The Bertz CT molecular complexity index is 907. The highest BCUT2D eigenvalue weighted by Gasteiger charge is 2.41. The fraction of sp³-hybridized carbons (Fsp3) is 0.133. The van der Waals surface area contributed by atoms with E-state index in [4.69, 9.17) is 5.11 Å². The van der Waals surface area contributed by atoms with Crippen molar-refractivity contribution in [2.24, 2.45) is 0 Å². The van der Waals surface area contributed by atoms with Gasteiger partial charge in [0.1, 0.15) is 45.8 Å². The van der Waals surface area contributed by atoms with E-state index < -0.39 is 69.9 Å². The van der Waals surface area contributed by atoms with Crippen LogP contribution < -0.4 is 0 Å². The smallest absolute Gasteiger partial charge is 0.422 e. The molecule has 0 heterocycles. The first-order valence-electron chi connectivity index (χ1n) is 6.68. The van der Waals surface area contributed by atoms with Gasteiger partial charge in [0.05, 0.1) is 0 Å². The standard InChI is InChI=1S/C8H2F6O2.C7H2F6/c9-2-1-3(10)5(8(12,13)14)6(11)4(2)7(15)16;8-3-1-4(9)6(5(10)2-3)7(11,12)13/h1H,(H,15,16);1-2H. The van der Waals surface area contributed by atoms with Gasteiger partial charge in [0.15, 0.2) is 5.82 Å². The van der Waals surface area contributed by atoms with Crippen molar-refractivity contribution in [3.05, 3.63) is 69.8 Å². The van der Waals surface area contributed by atoms with Crippen LogP contribution in [-0.2, 0) is 12.4 Å². The lowest BCUT2D eigenvalue weighted by atomic mass is 10.1. The van der Waals surface area contributed by atoms with Crippen LogP contribution in [-0.4, -0.2) is 11.1 Å². The van der Waals surface area contributed by atoms with Crippen LogP contribution in [0.25, 0.3) is 0 Å². The molecule has 2 aromatic carbocycles. The first kappa shape index (κ1) is 24.1. The van der Waals surface area contributed by atoms with E-state index in [1.54, 1.807) is 0 Å². The number of rotatable bonds is 1. The minimum absolute atomic E-state index is 0.0219. The minimum Gasteiger partial charge on any atom is -0.477 e. The number of benzene rings is 2. The molecular formula is C15H4F12O2. The van der Waals surface area contributed by atoms with Gasteiger partial charge in [-0.25, -0.2) is 31.1 Å². The van der Waals surface area contributed by atoms with Gasteiger partial charge in [-0.05, 0) is 0 Å². The van der Waals surface area contributed by atoms with Gasteiger partial charge in [-0.3, -0.25) is 0 Å². The van der Waals surface area contributed by atoms with Crippen LogP contribution in [0.15, 0.2) is 18.2 Å². The summed E-state index contributed by atoms with van der Waals surface area (Å²) in [4.78, 5) is 10.3. The summed E-state index contributed by atoms with van der Waals surface area (Å²) in [6.45, 7) is 0. The predicted molar refractivity (Wildman–Crippen MR) is 69.6 cm³/mol. The minimum atomic E-state index is -5.44. The number of carbonyl (C=O) groups is 1. The summed E-state index contributed by atoms with van der Waals surface area (Å²) in [7, 11) is 0. The molecule has 29 heavy (non-hydrogen) atoms. The molecule has 0 saturated carbocycles. The van der Waals surface area contributed by atoms with Crippen molar-refractivity contribution in [3.63, 3.8) is 0 Å². The fourth-order valence-corrected chi connectivity index (χ4v) is 1.86. The van der Waals surface area contributed by atoms with E-state index in [0.29, 0.717) is 0 Å². The highest BCUT2D eigenvalue weighted by Crippen LogP contribution is 2.35. The zero-order valence-corrected chi connectivity index (χ0v) is 13.1. The van der Waals surface area contributed by atoms with Crippen molar-refractivity contribution >= 4 is 5.97 Å². The SMILES string of the molecule is Fc1cc(F)c(C(F)(F)F)c(F)c1.O=C(O)c1c(F)cc(F)c(C(F)(F)F)c1F. The molecule has 0 aliphatic rings. The first-order chi connectivity index (χ1) is 13.0. The summed E-state index contributed by atoms with van der Waals surface area (Å²) >= 11 is 0. The molecule has 0 bridgehead atoms. The Labute approximate surface area is 152 Å². The number of aromatic carboxylic acids is 1. The molecule has 2 rings (SSSR count). The summed E-state index contributed by atoms with van der Waals surface area (Å²) in [6.07, 6.45) is -10.6. The zero-order chi connectivity index (χ0) is 22.9. The Morgan fingerprint density at radius 2 is 1.03 bits per heavy atom. The molecule has 0 spiro atoms. The third-order valence-corrected chi connectivity index (χ3v) is 2.96. The van der Waals surface area contributed by atoms with Gasteiger partial charge in [0.2, 0.25) is 0 Å². The van der Waals surface area contributed by atoms with Crippen LogP contribution in [0.4, 0.5) is 52.7 Å². The molecule has 0 atom stereocenters. The van der Waals surface area contributed by atoms with Gasteiger partial charge in [-0.15, -0.1) is 0 Å². The van der Waals surface area contributed by atoms with Crippen molar-refractivity contribution < 1.29 is 62.6 Å². The van der Waals surface area contributed by atoms with Gasteiger partial charge < -0.3 is 5.11 Å². The number of carboxylic acid groups (broad SMARTS) is 1. The van der Waals surface area contributed by atoms with E-state index in [2.05, 4.69) is 0 Å². The van der Waals surface area contributed by atoms with Crippen LogP contribution in [0.5, 0.6) is 0 Å². The Morgan fingerprint density at radius 3 is 1.38 bits per heavy atom. The summed E-state index contributed by atoms with van der Waals surface area (Å²) in [5.41, 5.74) is -6.34. The van der Waals surface area contributed by atoms with E-state index in [-0.39, 0.29) is 18.2 Å². The van der Waals surface area contributed by atoms with E-state index in [1.807, 2.05) is 0 Å². The monoisotopic (exact) mass is 444 g/mol. The maximum Gasteiger partial charge on any atom is 0.422 e. The Hall–Kier alpha value is -2.93. The highest BCUT2D eigenvalue weighted by molar-refractivity contribution is 5.88. The number of alkyl halides is 6. The quantitative estimate of drug-likeness (QED) is 0.553. The first-order valence-corrected chi connectivity index (χ1v) is 6.68. The van der Waals surface area contributed by atoms with E-state index in [9.17, 15) is 57.5 Å². The lowest BCUT2D eigenvalue weighted by Crippen LogP contribution is -2.17. The van der Waals surface area contributed by atoms with Gasteiger partial charge >= 0.3 is 18.3 Å². The summed E-state index contributed by atoms with van der Waals surface area (Å²) in [5, 5.41) is 8.26. The number of hydrogen-bond donors (Lipinski definition) is 1.